The molecule has 18 heavy (non-hydrogen) atoms. The first-order valence-corrected chi connectivity index (χ1v) is 6.97. The number of hydrogen-bond donors (Lipinski definition) is 1. The second-order valence-corrected chi connectivity index (χ2v) is 5.03. The Bertz CT molecular complexity index is 350. The van der Waals surface area contributed by atoms with Crippen molar-refractivity contribution >= 4 is 0 Å². The average molecular weight is 248 g/mol. The van der Waals surface area contributed by atoms with E-state index in [1.807, 2.05) is 6.92 Å². The highest BCUT2D eigenvalue weighted by Gasteiger charge is 2.15. The van der Waals surface area contributed by atoms with E-state index >= 15 is 0 Å². The van der Waals surface area contributed by atoms with Gasteiger partial charge < -0.3 is 15.4 Å². The smallest absolute Gasteiger partial charge is 0.119 e. The summed E-state index contributed by atoms with van der Waals surface area (Å²) in [6.07, 6.45) is 3.52. The van der Waals surface area contributed by atoms with Gasteiger partial charge in [-0.3, -0.25) is 0 Å². The Hall–Kier alpha value is -1.06. The Morgan fingerprint density at radius 2 is 2.11 bits per heavy atom. The summed E-state index contributed by atoms with van der Waals surface area (Å²) in [6, 6.07) is 8.81. The lowest BCUT2D eigenvalue weighted by Gasteiger charge is -2.30. The lowest BCUT2D eigenvalue weighted by Crippen LogP contribution is -2.43. The topological polar surface area (TPSA) is 38.5 Å². The summed E-state index contributed by atoms with van der Waals surface area (Å²) in [6.45, 7) is 6.10. The normalized spacial score (nSPS) is 20.9. The van der Waals surface area contributed by atoms with Gasteiger partial charge in [0.05, 0.1) is 6.61 Å². The van der Waals surface area contributed by atoms with Crippen LogP contribution in [0.3, 0.4) is 0 Å². The van der Waals surface area contributed by atoms with Crippen LogP contribution >= 0.6 is 0 Å². The summed E-state index contributed by atoms with van der Waals surface area (Å²) >= 11 is 0. The zero-order valence-electron chi connectivity index (χ0n) is 11.3. The molecule has 0 radical (unpaired) electrons. The SMILES string of the molecule is CCOc1ccc(CCN2CCC[C@@H](N)C2)cc1. The third-order valence-corrected chi connectivity index (χ3v) is 3.49. The van der Waals surface area contributed by atoms with Gasteiger partial charge in [-0.05, 0) is 50.4 Å². The molecule has 2 N–H and O–H groups in total. The quantitative estimate of drug-likeness (QED) is 0.866. The van der Waals surface area contributed by atoms with E-state index in [1.54, 1.807) is 0 Å². The molecular formula is C15H24N2O. The Kier molecular flexibility index (Phi) is 5.02. The average Bonchev–Trinajstić information content (AvgIpc) is 2.38. The fraction of sp³-hybridized carbons (Fsp3) is 0.600. The third kappa shape index (κ3) is 4.00. The van der Waals surface area contributed by atoms with Crippen molar-refractivity contribution in [1.82, 2.24) is 4.90 Å². The van der Waals surface area contributed by atoms with Gasteiger partial charge in [0.1, 0.15) is 5.75 Å². The number of ether oxygens (including phenoxy) is 1. The minimum atomic E-state index is 0.374. The van der Waals surface area contributed by atoms with Crippen LogP contribution in [0, 0.1) is 0 Å². The molecule has 0 unspecified atom stereocenters. The second kappa shape index (κ2) is 6.76. The van der Waals surface area contributed by atoms with E-state index in [-0.39, 0.29) is 0 Å². The van der Waals surface area contributed by atoms with Gasteiger partial charge in [-0.25, -0.2) is 0 Å². The zero-order valence-corrected chi connectivity index (χ0v) is 11.3. The van der Waals surface area contributed by atoms with Crippen molar-refractivity contribution in [2.45, 2.75) is 32.2 Å². The van der Waals surface area contributed by atoms with Gasteiger partial charge in [-0.2, -0.15) is 0 Å². The maximum Gasteiger partial charge on any atom is 0.119 e. The first-order valence-electron chi connectivity index (χ1n) is 6.97. The molecule has 1 heterocycles. The van der Waals surface area contributed by atoms with Crippen molar-refractivity contribution in [2.24, 2.45) is 5.73 Å². The fourth-order valence-electron chi connectivity index (χ4n) is 2.50. The molecule has 0 amide bonds. The molecule has 1 aromatic carbocycles. The molecule has 3 heteroatoms. The second-order valence-electron chi connectivity index (χ2n) is 5.03. The van der Waals surface area contributed by atoms with E-state index in [0.29, 0.717) is 6.04 Å². The van der Waals surface area contributed by atoms with Gasteiger partial charge in [0, 0.05) is 19.1 Å². The van der Waals surface area contributed by atoms with E-state index < -0.39 is 0 Å². The lowest BCUT2D eigenvalue weighted by atomic mass is 10.1. The van der Waals surface area contributed by atoms with E-state index in [1.165, 1.54) is 24.9 Å². The minimum absolute atomic E-state index is 0.374. The highest BCUT2D eigenvalue weighted by molar-refractivity contribution is 5.27. The predicted octanol–water partition coefficient (Wildman–Crippen LogP) is 2.05. The Balaban J connectivity index is 1.78. The Morgan fingerprint density at radius 1 is 1.33 bits per heavy atom. The number of benzene rings is 1. The minimum Gasteiger partial charge on any atom is -0.494 e. The van der Waals surface area contributed by atoms with Crippen molar-refractivity contribution in [3.05, 3.63) is 29.8 Å². The molecule has 100 valence electrons. The van der Waals surface area contributed by atoms with Crippen LogP contribution in [0.4, 0.5) is 0 Å². The van der Waals surface area contributed by atoms with Gasteiger partial charge in [0.15, 0.2) is 0 Å². The molecule has 1 saturated heterocycles. The molecule has 0 aliphatic carbocycles. The van der Waals surface area contributed by atoms with Crippen molar-refractivity contribution in [2.75, 3.05) is 26.2 Å². The van der Waals surface area contributed by atoms with E-state index in [9.17, 15) is 0 Å². The summed E-state index contributed by atoms with van der Waals surface area (Å²) in [5, 5.41) is 0. The van der Waals surface area contributed by atoms with Crippen LogP contribution in [0.25, 0.3) is 0 Å². The van der Waals surface area contributed by atoms with E-state index in [0.717, 1.165) is 31.9 Å². The van der Waals surface area contributed by atoms with Crippen LogP contribution < -0.4 is 10.5 Å². The third-order valence-electron chi connectivity index (χ3n) is 3.49. The maximum absolute atomic E-state index is 5.99. The first-order chi connectivity index (χ1) is 8.78. The van der Waals surface area contributed by atoms with Crippen molar-refractivity contribution in [3.8, 4) is 5.75 Å². The molecule has 1 aromatic rings. The molecular weight excluding hydrogens is 224 g/mol. The Labute approximate surface area is 110 Å². The van der Waals surface area contributed by atoms with Crippen LogP contribution in [0.15, 0.2) is 24.3 Å². The molecule has 3 nitrogen and oxygen atoms in total. The molecule has 1 fully saturated rings. The number of likely N-dealkylation sites (tertiary alicyclic amines) is 1. The summed E-state index contributed by atoms with van der Waals surface area (Å²) in [7, 11) is 0. The van der Waals surface area contributed by atoms with Gasteiger partial charge in [-0.1, -0.05) is 12.1 Å². The molecule has 2 rings (SSSR count). The van der Waals surface area contributed by atoms with Crippen LogP contribution in [-0.2, 0) is 6.42 Å². The summed E-state index contributed by atoms with van der Waals surface area (Å²) in [5.41, 5.74) is 7.36. The van der Waals surface area contributed by atoms with E-state index in [4.69, 9.17) is 10.5 Å². The number of piperidine rings is 1. The van der Waals surface area contributed by atoms with Crippen LogP contribution in [0.2, 0.25) is 0 Å². The summed E-state index contributed by atoms with van der Waals surface area (Å²) in [5.74, 6) is 0.959. The van der Waals surface area contributed by atoms with Crippen molar-refractivity contribution in [1.29, 1.82) is 0 Å². The highest BCUT2D eigenvalue weighted by atomic mass is 16.5. The van der Waals surface area contributed by atoms with Crippen molar-refractivity contribution in [3.63, 3.8) is 0 Å². The highest BCUT2D eigenvalue weighted by Crippen LogP contribution is 2.14. The van der Waals surface area contributed by atoms with Gasteiger partial charge in [0.2, 0.25) is 0 Å². The van der Waals surface area contributed by atoms with Crippen molar-refractivity contribution < 1.29 is 4.74 Å². The molecule has 1 aliphatic rings. The Morgan fingerprint density at radius 3 is 2.78 bits per heavy atom. The number of hydrogen-bond acceptors (Lipinski definition) is 3. The maximum atomic E-state index is 5.99. The number of nitrogens with two attached hydrogens (primary N) is 1. The van der Waals surface area contributed by atoms with Gasteiger partial charge >= 0.3 is 0 Å². The molecule has 1 aliphatic heterocycles. The predicted molar refractivity (Wildman–Crippen MR) is 75.0 cm³/mol. The molecule has 1 atom stereocenters. The number of nitrogens with zero attached hydrogens (tertiary/aromatic N) is 1. The van der Waals surface area contributed by atoms with Crippen LogP contribution in [-0.4, -0.2) is 37.2 Å². The van der Waals surface area contributed by atoms with E-state index in [2.05, 4.69) is 29.2 Å². The largest absolute Gasteiger partial charge is 0.494 e. The van der Waals surface area contributed by atoms with Crippen LogP contribution in [0.1, 0.15) is 25.3 Å². The number of rotatable bonds is 5. The molecule has 0 bridgehead atoms. The van der Waals surface area contributed by atoms with Crippen LogP contribution in [0.5, 0.6) is 5.75 Å². The zero-order chi connectivity index (χ0) is 12.8. The molecule has 0 saturated carbocycles. The first kappa shape index (κ1) is 13.4. The monoisotopic (exact) mass is 248 g/mol. The lowest BCUT2D eigenvalue weighted by molar-refractivity contribution is 0.211. The summed E-state index contributed by atoms with van der Waals surface area (Å²) in [4.78, 5) is 2.48. The molecule has 0 aromatic heterocycles. The van der Waals surface area contributed by atoms with Gasteiger partial charge in [0.25, 0.3) is 0 Å². The standard InChI is InChI=1S/C15H24N2O/c1-2-18-15-7-5-13(6-8-15)9-11-17-10-3-4-14(16)12-17/h5-8,14H,2-4,9-12,16H2,1H3/t14-/m1/s1. The molecule has 0 spiro atoms. The fourth-order valence-corrected chi connectivity index (χ4v) is 2.50. The van der Waals surface area contributed by atoms with Gasteiger partial charge in [-0.15, -0.1) is 0 Å². The summed E-state index contributed by atoms with van der Waals surface area (Å²) < 4.78 is 5.44.